The van der Waals surface area contributed by atoms with Gasteiger partial charge in [0.2, 0.25) is 5.89 Å². The topological polar surface area (TPSA) is 80.9 Å². The first-order chi connectivity index (χ1) is 12.4. The number of alkyl halides is 3. The van der Waals surface area contributed by atoms with Crippen LogP contribution in [0.2, 0.25) is 0 Å². The molecule has 0 unspecified atom stereocenters. The summed E-state index contributed by atoms with van der Waals surface area (Å²) in [6.45, 7) is 0.198. The van der Waals surface area contributed by atoms with Crippen molar-refractivity contribution < 1.29 is 22.4 Å². The molecule has 0 aliphatic rings. The van der Waals surface area contributed by atoms with E-state index >= 15 is 0 Å². The van der Waals surface area contributed by atoms with Gasteiger partial charge in [-0.15, -0.1) is 10.2 Å². The van der Waals surface area contributed by atoms with E-state index in [0.717, 1.165) is 24.3 Å². The van der Waals surface area contributed by atoms with E-state index in [0.29, 0.717) is 11.6 Å². The number of rotatable bonds is 5. The number of aromatic nitrogens is 3. The maximum atomic E-state index is 12.5. The number of pyridine rings is 1. The Balaban J connectivity index is 1.53. The molecule has 1 amide bonds. The number of amides is 1. The lowest BCUT2D eigenvalue weighted by molar-refractivity contribution is -0.137. The number of halogens is 3. The van der Waals surface area contributed by atoms with Gasteiger partial charge >= 0.3 is 6.18 Å². The van der Waals surface area contributed by atoms with Crippen molar-refractivity contribution >= 4 is 5.91 Å². The molecular formula is C17H13F3N4O2. The summed E-state index contributed by atoms with van der Waals surface area (Å²) < 4.78 is 43.0. The molecular weight excluding hydrogens is 349 g/mol. The van der Waals surface area contributed by atoms with Crippen LogP contribution in [0.3, 0.4) is 0 Å². The van der Waals surface area contributed by atoms with E-state index < -0.39 is 17.6 Å². The molecule has 6 nitrogen and oxygen atoms in total. The molecule has 0 bridgehead atoms. The molecule has 0 atom stereocenters. The normalized spacial score (nSPS) is 11.3. The minimum absolute atomic E-state index is 0.137. The van der Waals surface area contributed by atoms with Crippen molar-refractivity contribution in [1.29, 1.82) is 0 Å². The first-order valence-corrected chi connectivity index (χ1v) is 7.63. The standard InChI is InChI=1S/C17H13F3N4O2/c18-17(19,20)12-6-4-11(5-7-12)15(25)22-10-8-14-23-24-16(26-14)13-3-1-2-9-21-13/h1-7,9H,8,10H2,(H,22,25). The number of nitrogens with zero attached hydrogens (tertiary/aromatic N) is 3. The molecule has 1 N–H and O–H groups in total. The molecule has 3 aromatic rings. The molecule has 0 radical (unpaired) electrons. The van der Waals surface area contributed by atoms with Gasteiger partial charge < -0.3 is 9.73 Å². The quantitative estimate of drug-likeness (QED) is 0.754. The van der Waals surface area contributed by atoms with Crippen LogP contribution in [-0.4, -0.2) is 27.6 Å². The second kappa shape index (κ2) is 7.34. The molecule has 0 saturated carbocycles. The minimum Gasteiger partial charge on any atom is -0.419 e. The molecule has 0 saturated heterocycles. The summed E-state index contributed by atoms with van der Waals surface area (Å²) in [5, 5.41) is 10.3. The second-order valence-corrected chi connectivity index (χ2v) is 5.30. The van der Waals surface area contributed by atoms with Crippen molar-refractivity contribution in [3.8, 4) is 11.6 Å². The fraction of sp³-hybridized carbons (Fsp3) is 0.176. The molecule has 0 fully saturated rings. The molecule has 2 heterocycles. The maximum absolute atomic E-state index is 12.5. The average Bonchev–Trinajstić information content (AvgIpc) is 3.11. The predicted octanol–water partition coefficient (Wildman–Crippen LogP) is 3.12. The molecule has 0 aliphatic heterocycles. The summed E-state index contributed by atoms with van der Waals surface area (Å²) in [6.07, 6.45) is -2.55. The Labute approximate surface area is 146 Å². The Morgan fingerprint density at radius 1 is 1.08 bits per heavy atom. The fourth-order valence-electron chi connectivity index (χ4n) is 2.14. The lowest BCUT2D eigenvalue weighted by atomic mass is 10.1. The zero-order chi connectivity index (χ0) is 18.6. The van der Waals surface area contributed by atoms with Gasteiger partial charge in [-0.1, -0.05) is 6.07 Å². The molecule has 3 rings (SSSR count). The molecule has 26 heavy (non-hydrogen) atoms. The summed E-state index contributed by atoms with van der Waals surface area (Å²) >= 11 is 0. The Morgan fingerprint density at radius 3 is 2.50 bits per heavy atom. The van der Waals surface area contributed by atoms with E-state index in [1.807, 2.05) is 0 Å². The molecule has 0 spiro atoms. The van der Waals surface area contributed by atoms with Crippen LogP contribution in [0.1, 0.15) is 21.8 Å². The van der Waals surface area contributed by atoms with Crippen LogP contribution in [0.25, 0.3) is 11.6 Å². The Morgan fingerprint density at radius 2 is 1.85 bits per heavy atom. The van der Waals surface area contributed by atoms with Gasteiger partial charge in [-0.3, -0.25) is 9.78 Å². The third-order valence-corrected chi connectivity index (χ3v) is 3.45. The third-order valence-electron chi connectivity index (χ3n) is 3.45. The molecule has 0 aliphatic carbocycles. The number of carbonyl (C=O) groups is 1. The van der Waals surface area contributed by atoms with Crippen LogP contribution in [0, 0.1) is 0 Å². The van der Waals surface area contributed by atoms with Crippen LogP contribution >= 0.6 is 0 Å². The van der Waals surface area contributed by atoms with E-state index in [2.05, 4.69) is 20.5 Å². The Kier molecular flexibility index (Phi) is 4.97. The van der Waals surface area contributed by atoms with Crippen LogP contribution in [0.5, 0.6) is 0 Å². The van der Waals surface area contributed by atoms with Crippen LogP contribution < -0.4 is 5.32 Å². The van der Waals surface area contributed by atoms with Crippen LogP contribution in [0.4, 0.5) is 13.2 Å². The largest absolute Gasteiger partial charge is 0.419 e. The summed E-state index contributed by atoms with van der Waals surface area (Å²) in [4.78, 5) is 16.0. The average molecular weight is 362 g/mol. The van der Waals surface area contributed by atoms with E-state index in [9.17, 15) is 18.0 Å². The Hall–Kier alpha value is -3.23. The third kappa shape index (κ3) is 4.24. The SMILES string of the molecule is O=C(NCCc1nnc(-c2ccccn2)o1)c1ccc(C(F)(F)F)cc1. The van der Waals surface area contributed by atoms with Gasteiger partial charge in [0.25, 0.3) is 11.8 Å². The van der Waals surface area contributed by atoms with Gasteiger partial charge in [-0.25, -0.2) is 0 Å². The predicted molar refractivity (Wildman–Crippen MR) is 85.0 cm³/mol. The highest BCUT2D eigenvalue weighted by Crippen LogP contribution is 2.29. The summed E-state index contributed by atoms with van der Waals surface area (Å²) in [5.74, 6) is 0.108. The van der Waals surface area contributed by atoms with Gasteiger partial charge in [-0.2, -0.15) is 13.2 Å². The first kappa shape index (κ1) is 17.6. The van der Waals surface area contributed by atoms with Gasteiger partial charge in [0.1, 0.15) is 5.69 Å². The second-order valence-electron chi connectivity index (χ2n) is 5.30. The lowest BCUT2D eigenvalue weighted by Gasteiger charge is -2.07. The van der Waals surface area contributed by atoms with Crippen molar-refractivity contribution in [2.24, 2.45) is 0 Å². The number of hydrogen-bond acceptors (Lipinski definition) is 5. The molecule has 9 heteroatoms. The highest BCUT2D eigenvalue weighted by molar-refractivity contribution is 5.94. The number of hydrogen-bond donors (Lipinski definition) is 1. The highest BCUT2D eigenvalue weighted by Gasteiger charge is 2.30. The number of benzene rings is 1. The van der Waals surface area contributed by atoms with Gasteiger partial charge in [0.05, 0.1) is 5.56 Å². The van der Waals surface area contributed by atoms with Gasteiger partial charge in [0, 0.05) is 24.7 Å². The molecule has 1 aromatic carbocycles. The molecule has 134 valence electrons. The summed E-state index contributed by atoms with van der Waals surface area (Å²) in [5.41, 5.74) is -0.125. The lowest BCUT2D eigenvalue weighted by Crippen LogP contribution is -2.25. The monoisotopic (exact) mass is 362 g/mol. The van der Waals surface area contributed by atoms with Crippen molar-refractivity contribution in [3.05, 3.63) is 65.7 Å². The zero-order valence-corrected chi connectivity index (χ0v) is 13.3. The number of nitrogens with one attached hydrogen (secondary N) is 1. The maximum Gasteiger partial charge on any atom is 0.416 e. The zero-order valence-electron chi connectivity index (χ0n) is 13.3. The molecule has 2 aromatic heterocycles. The van der Waals surface area contributed by atoms with Crippen molar-refractivity contribution in [1.82, 2.24) is 20.5 Å². The van der Waals surface area contributed by atoms with Crippen LogP contribution in [-0.2, 0) is 12.6 Å². The van der Waals surface area contributed by atoms with Crippen molar-refractivity contribution in [2.75, 3.05) is 6.54 Å². The smallest absolute Gasteiger partial charge is 0.416 e. The summed E-state index contributed by atoms with van der Waals surface area (Å²) in [7, 11) is 0. The van der Waals surface area contributed by atoms with E-state index in [4.69, 9.17) is 4.42 Å². The minimum atomic E-state index is -4.43. The van der Waals surface area contributed by atoms with Crippen molar-refractivity contribution in [2.45, 2.75) is 12.6 Å². The van der Waals surface area contributed by atoms with Gasteiger partial charge in [0.15, 0.2) is 0 Å². The summed E-state index contributed by atoms with van der Waals surface area (Å²) in [6, 6.07) is 9.27. The van der Waals surface area contributed by atoms with E-state index in [1.54, 1.807) is 24.4 Å². The van der Waals surface area contributed by atoms with E-state index in [1.165, 1.54) is 0 Å². The number of carbonyl (C=O) groups excluding carboxylic acids is 1. The first-order valence-electron chi connectivity index (χ1n) is 7.63. The Bertz CT molecular complexity index is 877. The van der Waals surface area contributed by atoms with E-state index in [-0.39, 0.29) is 24.4 Å². The van der Waals surface area contributed by atoms with Crippen LogP contribution in [0.15, 0.2) is 53.1 Å². The fourth-order valence-corrected chi connectivity index (χ4v) is 2.14. The highest BCUT2D eigenvalue weighted by atomic mass is 19.4. The van der Waals surface area contributed by atoms with Crippen molar-refractivity contribution in [3.63, 3.8) is 0 Å². The van der Waals surface area contributed by atoms with Gasteiger partial charge in [-0.05, 0) is 36.4 Å².